The largest absolute Gasteiger partial charge is 0.310 e. The third kappa shape index (κ3) is 3.12. The van der Waals surface area contributed by atoms with Crippen molar-refractivity contribution >= 4 is 34.0 Å². The molecule has 1 aromatic carbocycles. The molecule has 0 amide bonds. The highest BCUT2D eigenvalue weighted by Crippen LogP contribution is 2.25. The maximum atomic E-state index is 12.6. The van der Waals surface area contributed by atoms with Gasteiger partial charge in [-0.1, -0.05) is 11.6 Å². The van der Waals surface area contributed by atoms with E-state index in [1.54, 1.807) is 28.6 Å². The summed E-state index contributed by atoms with van der Waals surface area (Å²) in [5, 5.41) is 4.04. The molecule has 0 aliphatic carbocycles. The van der Waals surface area contributed by atoms with Crippen LogP contribution in [0.2, 0.25) is 5.02 Å². The minimum Gasteiger partial charge on any atom is -0.310 e. The van der Waals surface area contributed by atoms with Crippen LogP contribution in [0.3, 0.4) is 0 Å². The van der Waals surface area contributed by atoms with Crippen molar-refractivity contribution in [1.82, 2.24) is 9.62 Å². The predicted molar refractivity (Wildman–Crippen MR) is 82.0 cm³/mol. The van der Waals surface area contributed by atoms with Gasteiger partial charge in [0.1, 0.15) is 0 Å². The van der Waals surface area contributed by atoms with Gasteiger partial charge in [0.15, 0.2) is 0 Å². The van der Waals surface area contributed by atoms with Crippen molar-refractivity contribution in [3.63, 3.8) is 0 Å². The molecule has 2 saturated heterocycles. The first-order chi connectivity index (χ1) is 9.05. The molecule has 2 unspecified atom stereocenters. The lowest BCUT2D eigenvalue weighted by Crippen LogP contribution is -2.39. The molecule has 0 radical (unpaired) electrons. The molecule has 0 saturated carbocycles. The molecule has 2 heterocycles. The van der Waals surface area contributed by atoms with Gasteiger partial charge in [-0.15, -0.1) is 12.4 Å². The minimum absolute atomic E-state index is 0. The van der Waals surface area contributed by atoms with Gasteiger partial charge >= 0.3 is 0 Å². The zero-order chi connectivity index (χ0) is 13.5. The summed E-state index contributed by atoms with van der Waals surface area (Å²) in [7, 11) is -3.39. The van der Waals surface area contributed by atoms with Crippen LogP contribution in [0.15, 0.2) is 29.2 Å². The quantitative estimate of drug-likeness (QED) is 0.901. The van der Waals surface area contributed by atoms with E-state index in [1.165, 1.54) is 6.42 Å². The van der Waals surface area contributed by atoms with Crippen LogP contribution < -0.4 is 5.32 Å². The average Bonchev–Trinajstić information content (AvgIpc) is 2.69. The number of benzene rings is 1. The fourth-order valence-electron chi connectivity index (χ4n) is 2.88. The molecule has 0 spiro atoms. The summed E-state index contributed by atoms with van der Waals surface area (Å²) in [6.07, 6.45) is 3.13. The number of sulfonamides is 1. The topological polar surface area (TPSA) is 49.4 Å². The average molecular weight is 337 g/mol. The number of hydrogen-bond donors (Lipinski definition) is 1. The van der Waals surface area contributed by atoms with E-state index in [2.05, 4.69) is 5.32 Å². The number of hydrogen-bond acceptors (Lipinski definition) is 3. The fraction of sp³-hybridized carbons (Fsp3) is 0.538. The molecule has 2 fully saturated rings. The van der Waals surface area contributed by atoms with Gasteiger partial charge in [0, 0.05) is 30.2 Å². The van der Waals surface area contributed by atoms with Crippen molar-refractivity contribution in [2.45, 2.75) is 36.2 Å². The minimum atomic E-state index is -3.39. The van der Waals surface area contributed by atoms with Crippen LogP contribution >= 0.6 is 24.0 Å². The van der Waals surface area contributed by atoms with E-state index in [0.717, 1.165) is 12.8 Å². The Morgan fingerprint density at radius 1 is 1.10 bits per heavy atom. The van der Waals surface area contributed by atoms with Crippen molar-refractivity contribution in [3.05, 3.63) is 29.3 Å². The molecular formula is C13H18Cl2N2O2S. The van der Waals surface area contributed by atoms with Crippen LogP contribution in [-0.2, 0) is 10.0 Å². The zero-order valence-corrected chi connectivity index (χ0v) is 13.3. The molecule has 1 N–H and O–H groups in total. The maximum Gasteiger partial charge on any atom is 0.243 e. The molecule has 2 aliphatic rings. The molecular weight excluding hydrogens is 319 g/mol. The molecule has 4 nitrogen and oxygen atoms in total. The van der Waals surface area contributed by atoms with E-state index >= 15 is 0 Å². The summed E-state index contributed by atoms with van der Waals surface area (Å²) < 4.78 is 26.8. The molecule has 0 aromatic heterocycles. The van der Waals surface area contributed by atoms with Gasteiger partial charge in [0.05, 0.1) is 4.90 Å². The Morgan fingerprint density at radius 3 is 2.45 bits per heavy atom. The number of nitrogens with one attached hydrogen (secondary N) is 1. The smallest absolute Gasteiger partial charge is 0.243 e. The molecule has 2 atom stereocenters. The highest BCUT2D eigenvalue weighted by molar-refractivity contribution is 7.89. The zero-order valence-electron chi connectivity index (χ0n) is 11.0. The Hall–Kier alpha value is -0.330. The maximum absolute atomic E-state index is 12.6. The van der Waals surface area contributed by atoms with Gasteiger partial charge in [0.2, 0.25) is 10.0 Å². The van der Waals surface area contributed by atoms with E-state index in [1.807, 2.05) is 0 Å². The second-order valence-electron chi connectivity index (χ2n) is 5.24. The molecule has 3 rings (SSSR count). The molecule has 112 valence electrons. The predicted octanol–water partition coefficient (Wildman–Crippen LogP) is 2.28. The third-order valence-electron chi connectivity index (χ3n) is 3.94. The summed E-state index contributed by atoms with van der Waals surface area (Å²) >= 11 is 5.81. The molecule has 2 bridgehead atoms. The van der Waals surface area contributed by atoms with Gasteiger partial charge in [-0.2, -0.15) is 4.31 Å². The highest BCUT2D eigenvalue weighted by atomic mass is 35.5. The van der Waals surface area contributed by atoms with Gasteiger partial charge in [0.25, 0.3) is 0 Å². The summed E-state index contributed by atoms with van der Waals surface area (Å²) in [5.74, 6) is 0. The van der Waals surface area contributed by atoms with Gasteiger partial charge in [-0.3, -0.25) is 0 Å². The molecule has 20 heavy (non-hydrogen) atoms. The van der Waals surface area contributed by atoms with E-state index < -0.39 is 10.0 Å². The normalized spacial score (nSPS) is 26.9. The lowest BCUT2D eigenvalue weighted by molar-refractivity contribution is 0.383. The summed E-state index contributed by atoms with van der Waals surface area (Å²) in [5.41, 5.74) is 0. The first-order valence-corrected chi connectivity index (χ1v) is 8.39. The lowest BCUT2D eigenvalue weighted by Gasteiger charge is -2.23. The van der Waals surface area contributed by atoms with Crippen LogP contribution in [0.1, 0.15) is 19.3 Å². The summed E-state index contributed by atoms with van der Waals surface area (Å²) in [6.45, 7) is 1.17. The van der Waals surface area contributed by atoms with E-state index in [4.69, 9.17) is 11.6 Å². The molecule has 7 heteroatoms. The van der Waals surface area contributed by atoms with Gasteiger partial charge in [-0.25, -0.2) is 8.42 Å². The van der Waals surface area contributed by atoms with Crippen LogP contribution in [0.5, 0.6) is 0 Å². The standard InChI is InChI=1S/C13H17ClN2O2S.ClH/c14-10-1-5-13(6-2-10)19(17,18)16-8-7-11-3-4-12(9-16)15-11;/h1-2,5-6,11-12,15H,3-4,7-9H2;1H. The SMILES string of the molecule is Cl.O=S(=O)(c1ccc(Cl)cc1)N1CCC2CCC(C1)N2. The van der Waals surface area contributed by atoms with E-state index in [9.17, 15) is 8.42 Å². The Morgan fingerprint density at radius 2 is 1.75 bits per heavy atom. The van der Waals surface area contributed by atoms with Gasteiger partial charge in [-0.05, 0) is 43.5 Å². The Kier molecular flexibility index (Phi) is 4.97. The Bertz CT molecular complexity index is 562. The van der Waals surface area contributed by atoms with E-state index in [-0.39, 0.29) is 12.4 Å². The Balaban J connectivity index is 0.00000147. The van der Waals surface area contributed by atoms with Crippen molar-refractivity contribution in [3.8, 4) is 0 Å². The van der Waals surface area contributed by atoms with Crippen molar-refractivity contribution in [2.75, 3.05) is 13.1 Å². The first-order valence-electron chi connectivity index (χ1n) is 6.57. The van der Waals surface area contributed by atoms with Crippen LogP contribution in [0.4, 0.5) is 0 Å². The van der Waals surface area contributed by atoms with Crippen LogP contribution in [-0.4, -0.2) is 37.9 Å². The summed E-state index contributed by atoms with van der Waals surface area (Å²) in [4.78, 5) is 0.328. The molecule has 1 aromatic rings. The number of halogens is 2. The number of nitrogens with zero attached hydrogens (tertiary/aromatic N) is 1. The lowest BCUT2D eigenvalue weighted by atomic mass is 10.1. The molecule has 2 aliphatic heterocycles. The summed E-state index contributed by atoms with van der Waals surface area (Å²) in [6, 6.07) is 7.18. The first kappa shape index (κ1) is 16.0. The Labute approximate surface area is 131 Å². The second kappa shape index (κ2) is 6.20. The van der Waals surface area contributed by atoms with Crippen LogP contribution in [0, 0.1) is 0 Å². The van der Waals surface area contributed by atoms with Gasteiger partial charge < -0.3 is 5.32 Å². The van der Waals surface area contributed by atoms with Crippen molar-refractivity contribution in [1.29, 1.82) is 0 Å². The second-order valence-corrected chi connectivity index (χ2v) is 7.62. The van der Waals surface area contributed by atoms with E-state index in [0.29, 0.717) is 35.1 Å². The highest BCUT2D eigenvalue weighted by Gasteiger charge is 2.34. The fourth-order valence-corrected chi connectivity index (χ4v) is 4.51. The van der Waals surface area contributed by atoms with Crippen LogP contribution in [0.25, 0.3) is 0 Å². The number of fused-ring (bicyclic) bond motifs is 2. The third-order valence-corrected chi connectivity index (χ3v) is 6.07. The number of rotatable bonds is 2. The monoisotopic (exact) mass is 336 g/mol. The van der Waals surface area contributed by atoms with Crippen molar-refractivity contribution in [2.24, 2.45) is 0 Å². The van der Waals surface area contributed by atoms with Crippen molar-refractivity contribution < 1.29 is 8.42 Å².